The summed E-state index contributed by atoms with van der Waals surface area (Å²) in [6.07, 6.45) is 0.0994. The van der Waals surface area contributed by atoms with Crippen LogP contribution in [0.4, 0.5) is 0 Å². The summed E-state index contributed by atoms with van der Waals surface area (Å²) in [6.45, 7) is 5.23. The van der Waals surface area contributed by atoms with E-state index in [1.54, 1.807) is 73.8 Å². The Kier molecular flexibility index (Phi) is 12.6. The topological polar surface area (TPSA) is 145 Å². The van der Waals surface area contributed by atoms with Crippen LogP contribution >= 0.6 is 0 Å². The lowest BCUT2D eigenvalue weighted by molar-refractivity contribution is -0.130. The van der Waals surface area contributed by atoms with Crippen LogP contribution in [0.5, 0.6) is 11.5 Å². The molecule has 0 radical (unpaired) electrons. The number of methoxy groups -OCH3 is 1. The van der Waals surface area contributed by atoms with Crippen molar-refractivity contribution in [3.8, 4) is 11.5 Å². The Morgan fingerprint density at radius 2 is 1.76 bits per heavy atom. The summed E-state index contributed by atoms with van der Waals surface area (Å²) in [5.41, 5.74) is 5.24. The van der Waals surface area contributed by atoms with E-state index in [0.29, 0.717) is 55.2 Å². The van der Waals surface area contributed by atoms with Crippen molar-refractivity contribution in [3.63, 3.8) is 0 Å². The molecule has 3 N–H and O–H groups in total. The lowest BCUT2D eigenvalue weighted by Gasteiger charge is -2.30. The first-order valence-electron chi connectivity index (χ1n) is 15.4. The van der Waals surface area contributed by atoms with Crippen molar-refractivity contribution in [1.29, 1.82) is 0 Å². The molecule has 0 saturated carbocycles. The second kappa shape index (κ2) is 16.5. The fourth-order valence-electron chi connectivity index (χ4n) is 4.94. The number of rotatable bonds is 18. The van der Waals surface area contributed by atoms with E-state index in [-0.39, 0.29) is 35.7 Å². The second-order valence-corrected chi connectivity index (χ2v) is 13.2. The van der Waals surface area contributed by atoms with E-state index in [1.807, 2.05) is 13.8 Å². The molecule has 0 bridgehead atoms. The lowest BCUT2D eigenvalue weighted by Crippen LogP contribution is -2.53. The molecule has 12 heteroatoms. The van der Waals surface area contributed by atoms with Gasteiger partial charge < -0.3 is 24.1 Å². The van der Waals surface area contributed by atoms with Gasteiger partial charge in [-0.1, -0.05) is 30.3 Å². The van der Waals surface area contributed by atoms with Crippen molar-refractivity contribution in [3.05, 3.63) is 90.0 Å². The number of hydrazine groups is 1. The predicted octanol–water partition coefficient (Wildman–Crippen LogP) is 4.01. The molecule has 0 saturated heterocycles. The van der Waals surface area contributed by atoms with Gasteiger partial charge in [0.2, 0.25) is 5.90 Å². The molecule has 1 heterocycles. The van der Waals surface area contributed by atoms with Crippen LogP contribution in [0.2, 0.25) is 0 Å². The number of aliphatic hydroxyl groups is 1. The molecule has 46 heavy (non-hydrogen) atoms. The number of amides is 1. The van der Waals surface area contributed by atoms with Crippen molar-refractivity contribution >= 4 is 21.6 Å². The molecule has 3 aromatic rings. The highest BCUT2D eigenvalue weighted by molar-refractivity contribution is 7.91. The summed E-state index contributed by atoms with van der Waals surface area (Å²) in [7, 11) is -2.24. The highest BCUT2D eigenvalue weighted by Crippen LogP contribution is 2.43. The number of nitrogens with one attached hydrogen (secondary N) is 2. The number of hydrogen-bond acceptors (Lipinski definition) is 10. The minimum Gasteiger partial charge on any atom is -0.497 e. The maximum atomic E-state index is 14.2. The van der Waals surface area contributed by atoms with E-state index in [2.05, 4.69) is 10.9 Å². The van der Waals surface area contributed by atoms with Gasteiger partial charge in [0.1, 0.15) is 11.5 Å². The Balaban J connectivity index is 1.70. The van der Waals surface area contributed by atoms with E-state index in [0.717, 1.165) is 0 Å². The van der Waals surface area contributed by atoms with Crippen molar-refractivity contribution in [2.45, 2.75) is 55.8 Å². The summed E-state index contributed by atoms with van der Waals surface area (Å²) in [4.78, 5) is 19.3. The molecule has 1 amide bonds. The number of carbonyl (C=O) groups is 1. The number of aliphatic imine (C=N–C) groups is 1. The van der Waals surface area contributed by atoms with Gasteiger partial charge in [-0.3, -0.25) is 10.2 Å². The van der Waals surface area contributed by atoms with Gasteiger partial charge in [-0.15, -0.1) is 0 Å². The van der Waals surface area contributed by atoms with Gasteiger partial charge in [-0.2, -0.15) is 0 Å². The molecule has 11 nitrogen and oxygen atoms in total. The van der Waals surface area contributed by atoms with Crippen molar-refractivity contribution < 1.29 is 37.3 Å². The largest absolute Gasteiger partial charge is 0.497 e. The number of benzene rings is 3. The number of carbonyl (C=O) groups excluding carboxylic acids is 1. The summed E-state index contributed by atoms with van der Waals surface area (Å²) in [5, 5.41) is 9.05. The first-order chi connectivity index (χ1) is 22.2. The summed E-state index contributed by atoms with van der Waals surface area (Å²) < 4.78 is 50.1. The summed E-state index contributed by atoms with van der Waals surface area (Å²) in [5.74, 6) is 0.446. The molecule has 1 aliphatic heterocycles. The van der Waals surface area contributed by atoms with Crippen LogP contribution in [0.3, 0.4) is 0 Å². The molecule has 0 aromatic heterocycles. The Hall–Kier alpha value is -3.97. The molecule has 2 atom stereocenters. The minimum absolute atomic E-state index is 0.0269. The van der Waals surface area contributed by atoms with E-state index < -0.39 is 27.4 Å². The Morgan fingerprint density at radius 1 is 1.00 bits per heavy atom. The van der Waals surface area contributed by atoms with Crippen molar-refractivity contribution in [2.75, 3.05) is 39.2 Å². The minimum atomic E-state index is -3.78. The van der Waals surface area contributed by atoms with Crippen molar-refractivity contribution in [1.82, 2.24) is 10.9 Å². The molecule has 0 spiro atoms. The fourth-order valence-corrected chi connectivity index (χ4v) is 6.33. The van der Waals surface area contributed by atoms with Crippen LogP contribution in [0, 0.1) is 0 Å². The molecule has 0 aliphatic carbocycles. The average Bonchev–Trinajstić information content (AvgIpc) is 3.47. The quantitative estimate of drug-likeness (QED) is 0.137. The average molecular weight is 654 g/mol. The van der Waals surface area contributed by atoms with Crippen LogP contribution in [-0.4, -0.2) is 76.2 Å². The van der Waals surface area contributed by atoms with Gasteiger partial charge in [-0.25, -0.2) is 18.8 Å². The summed E-state index contributed by atoms with van der Waals surface area (Å²) in [6, 6.07) is 22.3. The smallest absolute Gasteiger partial charge is 0.266 e. The third-order valence-corrected chi connectivity index (χ3v) is 9.11. The maximum absolute atomic E-state index is 14.2. The SMILES string of the molecule is COc1cccc([C@@H]2OC(c3ccc(OCCCO)cc3)=N[C@]2(CCS(=O)(=O)c2ccccc2)C(=O)NNCCCOC(C)C)c1. The Bertz CT molecular complexity index is 1550. The van der Waals surface area contributed by atoms with Crippen LogP contribution in [-0.2, 0) is 24.1 Å². The van der Waals surface area contributed by atoms with E-state index >= 15 is 0 Å². The molecule has 0 fully saturated rings. The number of nitrogens with zero attached hydrogens (tertiary/aromatic N) is 1. The Morgan fingerprint density at radius 3 is 2.46 bits per heavy atom. The molecular formula is C34H43N3O8S. The highest BCUT2D eigenvalue weighted by atomic mass is 32.2. The highest BCUT2D eigenvalue weighted by Gasteiger charge is 2.53. The van der Waals surface area contributed by atoms with Gasteiger partial charge in [0.25, 0.3) is 5.91 Å². The van der Waals surface area contributed by atoms with E-state index in [1.165, 1.54) is 12.1 Å². The van der Waals surface area contributed by atoms with Crippen molar-refractivity contribution in [2.24, 2.45) is 4.99 Å². The summed E-state index contributed by atoms with van der Waals surface area (Å²) >= 11 is 0. The molecule has 4 rings (SSSR count). The zero-order chi connectivity index (χ0) is 33.0. The fraction of sp³-hybridized carbons (Fsp3) is 0.412. The number of sulfone groups is 1. The van der Waals surface area contributed by atoms with Gasteiger partial charge in [0.15, 0.2) is 21.5 Å². The molecule has 248 valence electrons. The second-order valence-electron chi connectivity index (χ2n) is 11.1. The molecule has 3 aromatic carbocycles. The van der Waals surface area contributed by atoms with E-state index in [4.69, 9.17) is 29.0 Å². The molecule has 0 unspecified atom stereocenters. The number of ether oxygens (including phenoxy) is 4. The maximum Gasteiger partial charge on any atom is 0.266 e. The number of hydrogen-bond donors (Lipinski definition) is 3. The van der Waals surface area contributed by atoms with Crippen LogP contribution in [0.1, 0.15) is 50.3 Å². The van der Waals surface area contributed by atoms with Gasteiger partial charge in [-0.05, 0) is 74.4 Å². The molecule has 1 aliphatic rings. The van der Waals surface area contributed by atoms with Crippen LogP contribution in [0.15, 0.2) is 88.8 Å². The monoisotopic (exact) mass is 653 g/mol. The standard InChI is InChI=1S/C34H43N3O8S/c1-25(2)43-21-8-19-35-37-33(39)34(18-23-46(40,41)30-12-5-4-6-13-30)31(27-10-7-11-29(24-27)42-3)45-32(36-34)26-14-16-28(17-15-26)44-22-9-20-38/h4-7,10-17,24-25,31,35,38H,8-9,18-23H2,1-3H3,(H,37,39)/t31-,34-/m0/s1. The first-order valence-corrected chi connectivity index (χ1v) is 17.0. The van der Waals surface area contributed by atoms with E-state index in [9.17, 15) is 13.2 Å². The zero-order valence-corrected chi connectivity index (χ0v) is 27.3. The molecular weight excluding hydrogens is 610 g/mol. The Labute approximate surface area is 270 Å². The van der Waals surface area contributed by atoms with Gasteiger partial charge in [0, 0.05) is 38.2 Å². The first kappa shape index (κ1) is 34.9. The zero-order valence-electron chi connectivity index (χ0n) is 26.5. The third-order valence-electron chi connectivity index (χ3n) is 7.38. The number of aliphatic hydroxyl groups excluding tert-OH is 1. The van der Waals surface area contributed by atoms with Gasteiger partial charge in [0.05, 0.1) is 30.5 Å². The predicted molar refractivity (Wildman–Crippen MR) is 175 cm³/mol. The third kappa shape index (κ3) is 9.06. The normalized spacial score (nSPS) is 17.8. The van der Waals surface area contributed by atoms with Crippen LogP contribution < -0.4 is 20.3 Å². The van der Waals surface area contributed by atoms with Gasteiger partial charge >= 0.3 is 0 Å². The lowest BCUT2D eigenvalue weighted by atomic mass is 9.85. The van der Waals surface area contributed by atoms with Crippen LogP contribution in [0.25, 0.3) is 0 Å².